The maximum absolute atomic E-state index is 13.5. The van der Waals surface area contributed by atoms with Crippen molar-refractivity contribution in [2.24, 2.45) is 5.92 Å². The van der Waals surface area contributed by atoms with Crippen molar-refractivity contribution in [1.82, 2.24) is 0 Å². The molecule has 2 aromatic rings. The molecule has 0 spiro atoms. The molecule has 1 N–H and O–H groups in total. The molecule has 1 aliphatic carbocycles. The number of allylic oxidation sites excluding steroid dienone is 1. The number of nitrogens with one attached hydrogen (secondary N) is 1. The average Bonchev–Trinajstić information content (AvgIpc) is 2.88. The van der Waals surface area contributed by atoms with Gasteiger partial charge in [0.15, 0.2) is 5.78 Å². The molecule has 0 saturated carbocycles. The second-order valence-corrected chi connectivity index (χ2v) is 8.56. The lowest BCUT2D eigenvalue weighted by atomic mass is 9.85. The summed E-state index contributed by atoms with van der Waals surface area (Å²) in [5.41, 5.74) is 5.40. The van der Waals surface area contributed by atoms with E-state index >= 15 is 0 Å². The van der Waals surface area contributed by atoms with Gasteiger partial charge in [0.05, 0.1) is 17.4 Å². The molecular weight excluding hydrogens is 374 g/mol. The Morgan fingerprint density at radius 2 is 1.77 bits per heavy atom. The van der Waals surface area contributed by atoms with Crippen LogP contribution >= 0.6 is 0 Å². The van der Waals surface area contributed by atoms with E-state index in [9.17, 15) is 9.59 Å². The lowest BCUT2D eigenvalue weighted by Crippen LogP contribution is -2.40. The van der Waals surface area contributed by atoms with E-state index in [1.165, 1.54) is 0 Å². The Hall–Kier alpha value is -3.08. The quantitative estimate of drug-likeness (QED) is 0.791. The number of Topliss-reactive ketones (excluding diaryl/α,β-unsaturated/α-hetero) is 1. The maximum atomic E-state index is 13.5. The van der Waals surface area contributed by atoms with Crippen molar-refractivity contribution in [2.75, 3.05) is 29.2 Å². The highest BCUT2D eigenvalue weighted by Gasteiger charge is 2.39. The van der Waals surface area contributed by atoms with Crippen LogP contribution in [0.5, 0.6) is 0 Å². The number of ketones is 1. The van der Waals surface area contributed by atoms with Crippen LogP contribution in [0.15, 0.2) is 59.8 Å². The molecule has 0 aromatic heterocycles. The Bertz CT molecular complexity index is 1010. The number of carbonyl (C=O) groups excluding carboxylic acids is 2. The number of hydrogen-bond acceptors (Lipinski definition) is 4. The van der Waals surface area contributed by atoms with E-state index < -0.39 is 6.04 Å². The first-order chi connectivity index (χ1) is 14.4. The fourth-order valence-corrected chi connectivity index (χ4v) is 4.33. The van der Waals surface area contributed by atoms with Gasteiger partial charge < -0.3 is 10.2 Å². The van der Waals surface area contributed by atoms with Gasteiger partial charge in [-0.3, -0.25) is 14.5 Å². The van der Waals surface area contributed by atoms with Crippen LogP contribution in [-0.4, -0.2) is 25.8 Å². The first-order valence-corrected chi connectivity index (χ1v) is 10.6. The fourth-order valence-electron chi connectivity index (χ4n) is 4.33. The molecule has 0 saturated heterocycles. The Morgan fingerprint density at radius 1 is 1.07 bits per heavy atom. The fraction of sp³-hybridized carbons (Fsp3) is 0.360. The monoisotopic (exact) mass is 403 g/mol. The Balaban J connectivity index is 1.96. The molecule has 1 amide bonds. The van der Waals surface area contributed by atoms with Gasteiger partial charge in [0, 0.05) is 43.4 Å². The van der Waals surface area contributed by atoms with Gasteiger partial charge in [0.2, 0.25) is 5.91 Å². The number of benzene rings is 2. The number of anilines is 3. The number of hydrogen-bond donors (Lipinski definition) is 1. The van der Waals surface area contributed by atoms with E-state index in [0.717, 1.165) is 46.7 Å². The molecule has 5 heteroatoms. The number of rotatable bonds is 3. The predicted octanol–water partition coefficient (Wildman–Crippen LogP) is 4.92. The lowest BCUT2D eigenvalue weighted by Gasteiger charge is -2.35. The summed E-state index contributed by atoms with van der Waals surface area (Å²) in [4.78, 5) is 30.6. The van der Waals surface area contributed by atoms with E-state index in [0.29, 0.717) is 6.42 Å². The highest BCUT2D eigenvalue weighted by Crippen LogP contribution is 2.45. The van der Waals surface area contributed by atoms with Crippen LogP contribution in [0, 0.1) is 5.92 Å². The average molecular weight is 404 g/mol. The summed E-state index contributed by atoms with van der Waals surface area (Å²) < 4.78 is 0. The summed E-state index contributed by atoms with van der Waals surface area (Å²) in [6.07, 6.45) is 2.16. The van der Waals surface area contributed by atoms with Gasteiger partial charge in [-0.2, -0.15) is 0 Å². The Labute approximate surface area is 178 Å². The van der Waals surface area contributed by atoms with Crippen LogP contribution in [0.2, 0.25) is 0 Å². The topological polar surface area (TPSA) is 52.7 Å². The number of para-hydroxylation sites is 2. The summed E-state index contributed by atoms with van der Waals surface area (Å²) in [7, 11) is 4.00. The Morgan fingerprint density at radius 3 is 2.43 bits per heavy atom. The summed E-state index contributed by atoms with van der Waals surface area (Å²) in [5, 5.41) is 3.50. The minimum absolute atomic E-state index is 0.0121. The first-order valence-electron chi connectivity index (χ1n) is 10.6. The van der Waals surface area contributed by atoms with Crippen LogP contribution in [0.3, 0.4) is 0 Å². The highest BCUT2D eigenvalue weighted by molar-refractivity contribution is 6.06. The standard InChI is InChI=1S/C25H29N3O2/c1-16(2)25(30)28-21-10-6-5-8-19(21)26-20-9-7-11-22(29)23(20)24(28)17-12-14-18(15-13-17)27(3)4/h5-6,8,10,12-16,24,26H,7,9,11H2,1-4H3/t24-/m0/s1. The largest absolute Gasteiger partial charge is 0.378 e. The summed E-state index contributed by atoms with van der Waals surface area (Å²) in [6.45, 7) is 3.82. The number of nitrogens with zero attached hydrogens (tertiary/aromatic N) is 2. The van der Waals surface area contributed by atoms with Crippen LogP contribution in [0.1, 0.15) is 44.7 Å². The summed E-state index contributed by atoms with van der Waals surface area (Å²) in [6, 6.07) is 15.6. The third-order valence-electron chi connectivity index (χ3n) is 5.89. The molecular formula is C25H29N3O2. The normalized spacial score (nSPS) is 18.5. The maximum Gasteiger partial charge on any atom is 0.230 e. The van der Waals surface area contributed by atoms with Gasteiger partial charge in [-0.05, 0) is 42.7 Å². The molecule has 156 valence electrons. The second-order valence-electron chi connectivity index (χ2n) is 8.56. The van der Waals surface area contributed by atoms with Crippen LogP contribution in [0.25, 0.3) is 0 Å². The zero-order chi connectivity index (χ0) is 21.4. The van der Waals surface area contributed by atoms with E-state index in [-0.39, 0.29) is 17.6 Å². The third-order valence-corrected chi connectivity index (χ3v) is 5.89. The molecule has 0 bridgehead atoms. The Kier molecular flexibility index (Phi) is 5.37. The molecule has 5 nitrogen and oxygen atoms in total. The molecule has 4 rings (SSSR count). The van der Waals surface area contributed by atoms with E-state index in [1.54, 1.807) is 0 Å². The third kappa shape index (κ3) is 3.49. The molecule has 0 radical (unpaired) electrons. The van der Waals surface area contributed by atoms with Crippen molar-refractivity contribution in [3.63, 3.8) is 0 Å². The lowest BCUT2D eigenvalue weighted by molar-refractivity contribution is -0.121. The molecule has 2 aromatic carbocycles. The van der Waals surface area contributed by atoms with Crippen LogP contribution < -0.4 is 15.1 Å². The van der Waals surface area contributed by atoms with Gasteiger partial charge in [0.1, 0.15) is 0 Å². The molecule has 1 heterocycles. The van der Waals surface area contributed by atoms with E-state index in [2.05, 4.69) is 5.32 Å². The van der Waals surface area contributed by atoms with E-state index in [4.69, 9.17) is 0 Å². The van der Waals surface area contributed by atoms with Crippen LogP contribution in [-0.2, 0) is 9.59 Å². The first kappa shape index (κ1) is 20.2. The molecule has 2 aliphatic rings. The van der Waals surface area contributed by atoms with Crippen molar-refractivity contribution >= 4 is 28.8 Å². The zero-order valence-electron chi connectivity index (χ0n) is 18.1. The molecule has 30 heavy (non-hydrogen) atoms. The summed E-state index contributed by atoms with van der Waals surface area (Å²) in [5.74, 6) is -0.0553. The number of carbonyl (C=O) groups is 2. The van der Waals surface area contributed by atoms with Gasteiger partial charge in [-0.25, -0.2) is 0 Å². The van der Waals surface area contributed by atoms with Gasteiger partial charge >= 0.3 is 0 Å². The van der Waals surface area contributed by atoms with Crippen LogP contribution in [0.4, 0.5) is 17.1 Å². The molecule has 0 unspecified atom stereocenters. The minimum Gasteiger partial charge on any atom is -0.378 e. The van der Waals surface area contributed by atoms with Crippen molar-refractivity contribution in [2.45, 2.75) is 39.2 Å². The van der Waals surface area contributed by atoms with Crippen molar-refractivity contribution in [3.05, 3.63) is 65.4 Å². The smallest absolute Gasteiger partial charge is 0.230 e. The zero-order valence-corrected chi connectivity index (χ0v) is 18.1. The SMILES string of the molecule is CC(C)C(=O)N1c2ccccc2NC2=C(C(=O)CCC2)[C@@H]1c1ccc(N(C)C)cc1. The predicted molar refractivity (Wildman–Crippen MR) is 122 cm³/mol. The second kappa shape index (κ2) is 7.98. The van der Waals surface area contributed by atoms with Crippen molar-refractivity contribution < 1.29 is 9.59 Å². The molecule has 0 fully saturated rings. The van der Waals surface area contributed by atoms with Crippen molar-refractivity contribution in [1.29, 1.82) is 0 Å². The molecule has 1 aliphatic heterocycles. The molecule has 1 atom stereocenters. The van der Waals surface area contributed by atoms with Crippen molar-refractivity contribution in [3.8, 4) is 0 Å². The van der Waals surface area contributed by atoms with Gasteiger partial charge in [-0.15, -0.1) is 0 Å². The minimum atomic E-state index is -0.435. The summed E-state index contributed by atoms with van der Waals surface area (Å²) >= 11 is 0. The van der Waals surface area contributed by atoms with E-state index in [1.807, 2.05) is 86.3 Å². The van der Waals surface area contributed by atoms with Gasteiger partial charge in [-0.1, -0.05) is 38.1 Å². The number of fused-ring (bicyclic) bond motifs is 1. The van der Waals surface area contributed by atoms with Gasteiger partial charge in [0.25, 0.3) is 0 Å². The highest BCUT2D eigenvalue weighted by atomic mass is 16.2. The number of amides is 1.